The minimum Gasteiger partial charge on any atom is -0.484 e. The van der Waals surface area contributed by atoms with Gasteiger partial charge in [-0.1, -0.05) is 23.4 Å². The highest BCUT2D eigenvalue weighted by molar-refractivity contribution is 5.99. The van der Waals surface area contributed by atoms with Crippen molar-refractivity contribution in [2.75, 3.05) is 38.6 Å². The van der Waals surface area contributed by atoms with E-state index in [4.69, 9.17) is 9.26 Å². The second kappa shape index (κ2) is 8.43. The quantitative estimate of drug-likeness (QED) is 0.658. The number of hydrogen-bond acceptors (Lipinski definition) is 7. The number of anilines is 1. The SMILES string of the molecule is CN1CCN(C(=O)COc2ccccc2)[C@@H](c2nc(-c3ccc4c(c3)CC(=O)N4)no2)C1. The van der Waals surface area contributed by atoms with Crippen molar-refractivity contribution in [3.8, 4) is 17.1 Å². The van der Waals surface area contributed by atoms with Gasteiger partial charge < -0.3 is 24.4 Å². The highest BCUT2D eigenvalue weighted by Gasteiger charge is 2.34. The van der Waals surface area contributed by atoms with Crippen LogP contribution in [0.1, 0.15) is 17.5 Å². The summed E-state index contributed by atoms with van der Waals surface area (Å²) in [7, 11) is 2.00. The van der Waals surface area contributed by atoms with E-state index in [0.717, 1.165) is 23.4 Å². The lowest BCUT2D eigenvalue weighted by molar-refractivity contribution is -0.139. The zero-order valence-electron chi connectivity index (χ0n) is 17.7. The molecule has 2 amide bonds. The van der Waals surface area contributed by atoms with Crippen LogP contribution >= 0.6 is 0 Å². The molecular formula is C23H23N5O4. The van der Waals surface area contributed by atoms with Crippen LogP contribution in [-0.4, -0.2) is 65.0 Å². The van der Waals surface area contributed by atoms with Crippen LogP contribution in [0.5, 0.6) is 5.75 Å². The molecule has 9 heteroatoms. The van der Waals surface area contributed by atoms with Gasteiger partial charge in [-0.05, 0) is 42.9 Å². The lowest BCUT2D eigenvalue weighted by Gasteiger charge is -2.37. The number of amides is 2. The summed E-state index contributed by atoms with van der Waals surface area (Å²) in [5.41, 5.74) is 2.49. The van der Waals surface area contributed by atoms with E-state index in [-0.39, 0.29) is 24.5 Å². The Hall–Kier alpha value is -3.72. The molecule has 0 saturated carbocycles. The minimum atomic E-state index is -0.362. The molecule has 9 nitrogen and oxygen atoms in total. The van der Waals surface area contributed by atoms with Crippen LogP contribution < -0.4 is 10.1 Å². The first-order chi connectivity index (χ1) is 15.6. The maximum atomic E-state index is 13.0. The average Bonchev–Trinajstić information content (AvgIpc) is 3.43. The van der Waals surface area contributed by atoms with Crippen LogP contribution in [0.15, 0.2) is 53.1 Å². The molecule has 0 radical (unpaired) electrons. The van der Waals surface area contributed by atoms with Gasteiger partial charge in [-0.25, -0.2) is 0 Å². The Morgan fingerprint density at radius 3 is 2.91 bits per heavy atom. The van der Waals surface area contributed by atoms with Crippen LogP contribution in [0.3, 0.4) is 0 Å². The van der Waals surface area contributed by atoms with Gasteiger partial charge in [-0.15, -0.1) is 0 Å². The van der Waals surface area contributed by atoms with Crippen molar-refractivity contribution in [2.45, 2.75) is 12.5 Å². The van der Waals surface area contributed by atoms with Gasteiger partial charge in [0, 0.05) is 30.9 Å². The van der Waals surface area contributed by atoms with Crippen molar-refractivity contribution in [3.63, 3.8) is 0 Å². The number of carbonyl (C=O) groups excluding carboxylic acids is 2. The summed E-state index contributed by atoms with van der Waals surface area (Å²) in [5.74, 6) is 1.31. The number of ether oxygens (including phenoxy) is 1. The summed E-state index contributed by atoms with van der Waals surface area (Å²) in [6.07, 6.45) is 0.338. The zero-order chi connectivity index (χ0) is 22.1. The van der Waals surface area contributed by atoms with E-state index in [1.165, 1.54) is 0 Å². The standard InChI is InChI=1S/C23H23N5O4/c1-27-9-10-28(21(30)14-31-17-5-3-2-4-6-17)19(13-27)23-25-22(26-32-23)15-7-8-18-16(11-15)12-20(29)24-18/h2-8,11,19H,9-10,12-14H2,1H3,(H,24,29)/t19-/m1/s1. The predicted octanol–water partition coefficient (Wildman–Crippen LogP) is 2.13. The van der Waals surface area contributed by atoms with Crippen LogP contribution in [0, 0.1) is 0 Å². The first-order valence-corrected chi connectivity index (χ1v) is 10.5. The fraction of sp³-hybridized carbons (Fsp3) is 0.304. The molecule has 32 heavy (non-hydrogen) atoms. The number of nitrogens with one attached hydrogen (secondary N) is 1. The molecule has 1 aromatic heterocycles. The average molecular weight is 433 g/mol. The molecule has 1 saturated heterocycles. The van der Waals surface area contributed by atoms with Gasteiger partial charge in [-0.3, -0.25) is 9.59 Å². The molecule has 3 aromatic rings. The maximum Gasteiger partial charge on any atom is 0.261 e. The largest absolute Gasteiger partial charge is 0.484 e. The predicted molar refractivity (Wildman–Crippen MR) is 116 cm³/mol. The third kappa shape index (κ3) is 4.06. The van der Waals surface area contributed by atoms with Gasteiger partial charge in [0.1, 0.15) is 11.8 Å². The van der Waals surface area contributed by atoms with E-state index in [9.17, 15) is 9.59 Å². The molecule has 164 valence electrons. The normalized spacial score (nSPS) is 18.3. The maximum absolute atomic E-state index is 13.0. The van der Waals surface area contributed by atoms with Crippen LogP contribution in [0.2, 0.25) is 0 Å². The Balaban J connectivity index is 1.34. The second-order valence-corrected chi connectivity index (χ2v) is 8.02. The summed E-state index contributed by atoms with van der Waals surface area (Å²) < 4.78 is 11.2. The molecule has 0 bridgehead atoms. The Morgan fingerprint density at radius 2 is 2.06 bits per heavy atom. The number of nitrogens with zero attached hydrogens (tertiary/aromatic N) is 4. The first kappa shape index (κ1) is 20.2. The summed E-state index contributed by atoms with van der Waals surface area (Å²) in [6.45, 7) is 1.82. The van der Waals surface area contributed by atoms with Gasteiger partial charge in [0.05, 0.1) is 6.42 Å². The second-order valence-electron chi connectivity index (χ2n) is 8.02. The smallest absolute Gasteiger partial charge is 0.261 e. The molecule has 1 atom stereocenters. The Morgan fingerprint density at radius 1 is 1.22 bits per heavy atom. The third-order valence-corrected chi connectivity index (χ3v) is 5.72. The minimum absolute atomic E-state index is 0.0249. The van der Waals surface area contributed by atoms with Crippen LogP contribution in [0.4, 0.5) is 5.69 Å². The molecule has 0 spiro atoms. The number of piperazine rings is 1. The summed E-state index contributed by atoms with van der Waals surface area (Å²) in [5, 5.41) is 6.95. The molecule has 1 fully saturated rings. The molecule has 0 aliphatic carbocycles. The third-order valence-electron chi connectivity index (χ3n) is 5.72. The van der Waals surface area contributed by atoms with Gasteiger partial charge in [0.15, 0.2) is 6.61 Å². The molecule has 2 aromatic carbocycles. The Labute approximate surface area is 185 Å². The Bertz CT molecular complexity index is 1150. The monoisotopic (exact) mass is 433 g/mol. The number of likely N-dealkylation sites (N-methyl/N-ethyl adjacent to an activating group) is 1. The first-order valence-electron chi connectivity index (χ1n) is 10.5. The molecule has 0 unspecified atom stereocenters. The number of hydrogen-bond donors (Lipinski definition) is 1. The van der Waals surface area contributed by atoms with Crippen molar-refractivity contribution >= 4 is 17.5 Å². The lowest BCUT2D eigenvalue weighted by Crippen LogP contribution is -2.50. The van der Waals surface area contributed by atoms with Gasteiger partial charge >= 0.3 is 0 Å². The van der Waals surface area contributed by atoms with Gasteiger partial charge in [0.2, 0.25) is 11.7 Å². The lowest BCUT2D eigenvalue weighted by atomic mass is 10.1. The summed E-state index contributed by atoms with van der Waals surface area (Å²) in [6, 6.07) is 14.5. The van der Waals surface area contributed by atoms with Crippen molar-refractivity contribution < 1.29 is 18.8 Å². The molecule has 1 N–H and O–H groups in total. The van der Waals surface area contributed by atoms with E-state index in [1.807, 2.05) is 55.6 Å². The van der Waals surface area contributed by atoms with E-state index >= 15 is 0 Å². The number of fused-ring (bicyclic) bond motifs is 1. The zero-order valence-corrected chi connectivity index (χ0v) is 17.7. The molecule has 2 aliphatic rings. The molecule has 5 rings (SSSR count). The van der Waals surface area contributed by atoms with Gasteiger partial charge in [-0.2, -0.15) is 4.98 Å². The van der Waals surface area contributed by atoms with E-state index in [0.29, 0.717) is 37.0 Å². The number of para-hydroxylation sites is 1. The molecule has 2 aliphatic heterocycles. The fourth-order valence-corrected chi connectivity index (χ4v) is 4.03. The van der Waals surface area contributed by atoms with E-state index in [1.54, 1.807) is 4.90 Å². The number of benzene rings is 2. The van der Waals surface area contributed by atoms with E-state index in [2.05, 4.69) is 20.4 Å². The highest BCUT2D eigenvalue weighted by Crippen LogP contribution is 2.30. The molecule has 3 heterocycles. The van der Waals surface area contributed by atoms with Crippen LogP contribution in [0.25, 0.3) is 11.4 Å². The molecular weight excluding hydrogens is 410 g/mol. The number of rotatable bonds is 5. The Kier molecular flexibility index (Phi) is 5.32. The fourth-order valence-electron chi connectivity index (χ4n) is 4.03. The van der Waals surface area contributed by atoms with E-state index < -0.39 is 0 Å². The topological polar surface area (TPSA) is 101 Å². The van der Waals surface area contributed by atoms with Crippen molar-refractivity contribution in [1.82, 2.24) is 19.9 Å². The van der Waals surface area contributed by atoms with Crippen molar-refractivity contribution in [3.05, 3.63) is 60.0 Å². The highest BCUT2D eigenvalue weighted by atomic mass is 16.5. The summed E-state index contributed by atoms with van der Waals surface area (Å²) in [4.78, 5) is 33.0. The summed E-state index contributed by atoms with van der Waals surface area (Å²) >= 11 is 0. The van der Waals surface area contributed by atoms with Crippen molar-refractivity contribution in [2.24, 2.45) is 0 Å². The number of aromatic nitrogens is 2. The van der Waals surface area contributed by atoms with Crippen LogP contribution in [-0.2, 0) is 16.0 Å². The number of carbonyl (C=O) groups is 2. The van der Waals surface area contributed by atoms with Gasteiger partial charge in [0.25, 0.3) is 11.8 Å². The van der Waals surface area contributed by atoms with Crippen molar-refractivity contribution in [1.29, 1.82) is 0 Å².